The molecule has 1 aliphatic rings. The van der Waals surface area contributed by atoms with Crippen LogP contribution in [0.3, 0.4) is 0 Å². The van der Waals surface area contributed by atoms with E-state index in [4.69, 9.17) is 10.5 Å². The summed E-state index contributed by atoms with van der Waals surface area (Å²) in [6, 6.07) is 0. The highest BCUT2D eigenvalue weighted by molar-refractivity contribution is 4.97. The second-order valence-electron chi connectivity index (χ2n) is 3.89. The van der Waals surface area contributed by atoms with Gasteiger partial charge in [-0.1, -0.05) is 0 Å². The molecule has 1 fully saturated rings. The highest BCUT2D eigenvalue weighted by Gasteiger charge is 2.34. The Hall–Kier alpha value is -0.160. The number of ether oxygens (including phenoxy) is 1. The number of hydrogen-bond donors (Lipinski definition) is 2. The fourth-order valence-corrected chi connectivity index (χ4v) is 1.88. The van der Waals surface area contributed by atoms with E-state index in [2.05, 4.69) is 17.3 Å². The van der Waals surface area contributed by atoms with Crippen LogP contribution in [-0.2, 0) is 4.74 Å². The van der Waals surface area contributed by atoms with Crippen LogP contribution in [0.5, 0.6) is 0 Å². The Bertz CT molecular complexity index is 154. The van der Waals surface area contributed by atoms with Crippen molar-refractivity contribution in [3.8, 4) is 0 Å². The zero-order valence-corrected chi connectivity index (χ0v) is 8.68. The first kappa shape index (κ1) is 10.9. The van der Waals surface area contributed by atoms with Crippen LogP contribution < -0.4 is 11.1 Å². The normalized spacial score (nSPS) is 29.8. The molecule has 0 aliphatic carbocycles. The summed E-state index contributed by atoms with van der Waals surface area (Å²) < 4.78 is 5.00. The number of hydrogen-bond acceptors (Lipinski definition) is 4. The van der Waals surface area contributed by atoms with Gasteiger partial charge in [-0.3, -0.25) is 0 Å². The van der Waals surface area contributed by atoms with E-state index in [1.165, 1.54) is 0 Å². The van der Waals surface area contributed by atoms with Crippen molar-refractivity contribution >= 4 is 0 Å². The molecule has 1 rings (SSSR count). The molecule has 4 heteroatoms. The Morgan fingerprint density at radius 3 is 2.85 bits per heavy atom. The maximum Gasteiger partial charge on any atom is 0.0587 e. The molecule has 78 valence electrons. The van der Waals surface area contributed by atoms with Gasteiger partial charge in [0.2, 0.25) is 0 Å². The summed E-state index contributed by atoms with van der Waals surface area (Å²) in [6.45, 7) is 4.54. The molecule has 1 aliphatic heterocycles. The van der Waals surface area contributed by atoms with E-state index in [0.29, 0.717) is 6.54 Å². The van der Waals surface area contributed by atoms with Gasteiger partial charge in [0.25, 0.3) is 0 Å². The first-order chi connectivity index (χ1) is 6.22. The van der Waals surface area contributed by atoms with Crippen molar-refractivity contribution < 1.29 is 4.74 Å². The van der Waals surface area contributed by atoms with Gasteiger partial charge in [-0.25, -0.2) is 0 Å². The lowest BCUT2D eigenvalue weighted by atomic mass is 9.99. The fourth-order valence-electron chi connectivity index (χ4n) is 1.88. The molecule has 0 aromatic carbocycles. The molecular formula is C9H21N3O. The van der Waals surface area contributed by atoms with E-state index >= 15 is 0 Å². The van der Waals surface area contributed by atoms with E-state index in [1.807, 2.05) is 0 Å². The van der Waals surface area contributed by atoms with Gasteiger partial charge in [0.15, 0.2) is 0 Å². The predicted octanol–water partition coefficient (Wildman–Crippen LogP) is -0.745. The van der Waals surface area contributed by atoms with Crippen LogP contribution in [-0.4, -0.2) is 57.4 Å². The van der Waals surface area contributed by atoms with Crippen LogP contribution in [0, 0.1) is 0 Å². The lowest BCUT2D eigenvalue weighted by molar-refractivity contribution is 0.184. The predicted molar refractivity (Wildman–Crippen MR) is 53.8 cm³/mol. The minimum atomic E-state index is 0.132. The Kier molecular flexibility index (Phi) is 4.12. The molecule has 0 saturated carbocycles. The van der Waals surface area contributed by atoms with Gasteiger partial charge in [-0.05, 0) is 20.0 Å². The Labute approximate surface area is 80.4 Å². The number of rotatable bonds is 5. The largest absolute Gasteiger partial charge is 0.383 e. The zero-order chi connectivity index (χ0) is 9.73. The van der Waals surface area contributed by atoms with Crippen molar-refractivity contribution in [3.05, 3.63) is 0 Å². The number of likely N-dealkylation sites (N-methyl/N-ethyl adjacent to an activating group) is 1. The highest BCUT2D eigenvalue weighted by atomic mass is 16.5. The average molecular weight is 187 g/mol. The molecule has 1 saturated heterocycles. The number of nitrogens with one attached hydrogen (secondary N) is 1. The maximum absolute atomic E-state index is 5.78. The summed E-state index contributed by atoms with van der Waals surface area (Å²) in [5, 5.41) is 3.48. The van der Waals surface area contributed by atoms with Crippen molar-refractivity contribution in [1.82, 2.24) is 10.2 Å². The average Bonchev–Trinajstić information content (AvgIpc) is 2.49. The van der Waals surface area contributed by atoms with Gasteiger partial charge >= 0.3 is 0 Å². The smallest absolute Gasteiger partial charge is 0.0587 e. The molecule has 1 unspecified atom stereocenters. The molecule has 1 atom stereocenters. The van der Waals surface area contributed by atoms with Gasteiger partial charge in [0, 0.05) is 32.3 Å². The van der Waals surface area contributed by atoms with E-state index < -0.39 is 0 Å². The summed E-state index contributed by atoms with van der Waals surface area (Å²) in [6.07, 6.45) is 1.14. The molecule has 0 radical (unpaired) electrons. The van der Waals surface area contributed by atoms with Crippen molar-refractivity contribution in [3.63, 3.8) is 0 Å². The quantitative estimate of drug-likeness (QED) is 0.556. The number of methoxy groups -OCH3 is 1. The van der Waals surface area contributed by atoms with Crippen LogP contribution in [0.15, 0.2) is 0 Å². The molecule has 0 bridgehead atoms. The van der Waals surface area contributed by atoms with Crippen molar-refractivity contribution in [1.29, 1.82) is 0 Å². The third-order valence-electron chi connectivity index (χ3n) is 2.74. The zero-order valence-electron chi connectivity index (χ0n) is 8.68. The summed E-state index contributed by atoms with van der Waals surface area (Å²) in [5.74, 6) is 0. The summed E-state index contributed by atoms with van der Waals surface area (Å²) in [5.41, 5.74) is 5.92. The van der Waals surface area contributed by atoms with E-state index in [0.717, 1.165) is 32.7 Å². The van der Waals surface area contributed by atoms with Gasteiger partial charge in [-0.2, -0.15) is 0 Å². The number of likely N-dealkylation sites (tertiary alicyclic amines) is 1. The molecule has 1 heterocycles. The number of nitrogens with two attached hydrogens (primary N) is 1. The molecular weight excluding hydrogens is 166 g/mol. The fraction of sp³-hybridized carbons (Fsp3) is 1.00. The summed E-state index contributed by atoms with van der Waals surface area (Å²) in [4.78, 5) is 2.31. The maximum atomic E-state index is 5.78. The van der Waals surface area contributed by atoms with Crippen molar-refractivity contribution in [2.75, 3.05) is 46.9 Å². The van der Waals surface area contributed by atoms with E-state index in [9.17, 15) is 0 Å². The lowest BCUT2D eigenvalue weighted by Crippen LogP contribution is -2.53. The van der Waals surface area contributed by atoms with Gasteiger partial charge in [0.05, 0.1) is 6.61 Å². The first-order valence-corrected chi connectivity index (χ1v) is 4.85. The molecule has 0 amide bonds. The van der Waals surface area contributed by atoms with E-state index in [-0.39, 0.29) is 5.54 Å². The van der Waals surface area contributed by atoms with Crippen LogP contribution >= 0.6 is 0 Å². The van der Waals surface area contributed by atoms with Crippen LogP contribution in [0.25, 0.3) is 0 Å². The minimum absolute atomic E-state index is 0.132. The number of nitrogens with zero attached hydrogens (tertiary/aromatic N) is 1. The molecule has 4 nitrogen and oxygen atoms in total. The third-order valence-corrected chi connectivity index (χ3v) is 2.74. The Balaban J connectivity index is 2.32. The van der Waals surface area contributed by atoms with Crippen LogP contribution in [0.2, 0.25) is 0 Å². The molecule has 3 N–H and O–H groups in total. The van der Waals surface area contributed by atoms with Crippen LogP contribution in [0.4, 0.5) is 0 Å². The topological polar surface area (TPSA) is 50.5 Å². The lowest BCUT2D eigenvalue weighted by Gasteiger charge is -2.28. The Morgan fingerprint density at radius 1 is 1.62 bits per heavy atom. The SMILES string of the molecule is COCCNC1(CN)CCN(C)C1. The molecule has 0 spiro atoms. The molecule has 13 heavy (non-hydrogen) atoms. The van der Waals surface area contributed by atoms with Crippen molar-refractivity contribution in [2.24, 2.45) is 5.73 Å². The minimum Gasteiger partial charge on any atom is -0.383 e. The van der Waals surface area contributed by atoms with Gasteiger partial charge in [0.1, 0.15) is 0 Å². The first-order valence-electron chi connectivity index (χ1n) is 4.85. The van der Waals surface area contributed by atoms with Crippen molar-refractivity contribution in [2.45, 2.75) is 12.0 Å². The Morgan fingerprint density at radius 2 is 2.38 bits per heavy atom. The highest BCUT2D eigenvalue weighted by Crippen LogP contribution is 2.18. The molecule has 0 aromatic heterocycles. The standard InChI is InChI=1S/C9H21N3O/c1-12-5-3-9(7-10,8-12)11-4-6-13-2/h11H,3-8,10H2,1-2H3. The van der Waals surface area contributed by atoms with Gasteiger partial charge < -0.3 is 20.7 Å². The summed E-state index contributed by atoms with van der Waals surface area (Å²) in [7, 11) is 3.85. The second kappa shape index (κ2) is 4.91. The monoisotopic (exact) mass is 187 g/mol. The van der Waals surface area contributed by atoms with Gasteiger partial charge in [-0.15, -0.1) is 0 Å². The summed E-state index contributed by atoms with van der Waals surface area (Å²) >= 11 is 0. The van der Waals surface area contributed by atoms with Crippen LogP contribution in [0.1, 0.15) is 6.42 Å². The van der Waals surface area contributed by atoms with E-state index in [1.54, 1.807) is 7.11 Å². The molecule has 0 aromatic rings. The third kappa shape index (κ3) is 2.91. The second-order valence-corrected chi connectivity index (χ2v) is 3.89.